The van der Waals surface area contributed by atoms with Crippen LogP contribution in [0, 0.1) is 6.92 Å². The van der Waals surface area contributed by atoms with Crippen LogP contribution in [0.3, 0.4) is 0 Å². The third kappa shape index (κ3) is 3.05. The Balaban J connectivity index is 1.36. The zero-order chi connectivity index (χ0) is 20.0. The van der Waals surface area contributed by atoms with Crippen molar-refractivity contribution in [2.75, 3.05) is 0 Å². The van der Waals surface area contributed by atoms with Crippen molar-refractivity contribution in [3.05, 3.63) is 74.9 Å². The van der Waals surface area contributed by atoms with Crippen LogP contribution in [0.4, 0.5) is 0 Å². The second-order valence-corrected chi connectivity index (χ2v) is 8.02. The van der Waals surface area contributed by atoms with Gasteiger partial charge in [-0.05, 0) is 42.7 Å². The molecule has 0 amide bonds. The number of nitrogens with zero attached hydrogens (tertiary/aromatic N) is 4. The maximum Gasteiger partial charge on any atom is 0.349 e. The van der Waals surface area contributed by atoms with Crippen LogP contribution in [0.2, 0.25) is 0 Å². The van der Waals surface area contributed by atoms with Gasteiger partial charge in [0.1, 0.15) is 22.1 Å². The second-order valence-electron chi connectivity index (χ2n) is 7.02. The second kappa shape index (κ2) is 6.97. The summed E-state index contributed by atoms with van der Waals surface area (Å²) in [6.45, 7) is 2.65. The largest absolute Gasteiger partial charge is 0.457 e. The Bertz CT molecular complexity index is 1270. The van der Waals surface area contributed by atoms with E-state index in [1.807, 2.05) is 36.5 Å². The van der Waals surface area contributed by atoms with Gasteiger partial charge in [0, 0.05) is 25.4 Å². The monoisotopic (exact) mass is 406 g/mol. The molecule has 0 N–H and O–H groups in total. The molecule has 146 valence electrons. The molecule has 4 heterocycles. The fourth-order valence-electron chi connectivity index (χ4n) is 3.65. The van der Waals surface area contributed by atoms with E-state index in [2.05, 4.69) is 10.1 Å². The summed E-state index contributed by atoms with van der Waals surface area (Å²) in [5.74, 6) is 0.382. The molecule has 7 nitrogen and oxygen atoms in total. The molecule has 3 aromatic heterocycles. The lowest BCUT2D eigenvalue weighted by Gasteiger charge is -2.06. The minimum absolute atomic E-state index is 0.0514. The Morgan fingerprint density at radius 2 is 2.10 bits per heavy atom. The Morgan fingerprint density at radius 3 is 2.86 bits per heavy atom. The number of thiophene rings is 1. The maximum atomic E-state index is 12.8. The molecule has 0 saturated heterocycles. The molecular weight excluding hydrogens is 388 g/mol. The van der Waals surface area contributed by atoms with Crippen LogP contribution in [0.15, 0.2) is 47.5 Å². The third-order valence-corrected chi connectivity index (χ3v) is 6.34. The van der Waals surface area contributed by atoms with Crippen molar-refractivity contribution in [2.24, 2.45) is 0 Å². The Morgan fingerprint density at radius 1 is 1.28 bits per heavy atom. The van der Waals surface area contributed by atoms with Gasteiger partial charge in [-0.3, -0.25) is 9.36 Å². The molecule has 0 fully saturated rings. The van der Waals surface area contributed by atoms with E-state index in [-0.39, 0.29) is 12.2 Å². The zero-order valence-corrected chi connectivity index (χ0v) is 16.6. The van der Waals surface area contributed by atoms with Crippen molar-refractivity contribution in [2.45, 2.75) is 32.9 Å². The van der Waals surface area contributed by atoms with Gasteiger partial charge >= 0.3 is 5.97 Å². The molecule has 0 bridgehead atoms. The first kappa shape index (κ1) is 17.8. The van der Waals surface area contributed by atoms with E-state index in [0.717, 1.165) is 29.9 Å². The van der Waals surface area contributed by atoms with Crippen LogP contribution in [0.5, 0.6) is 0 Å². The van der Waals surface area contributed by atoms with Crippen LogP contribution in [-0.2, 0) is 24.3 Å². The van der Waals surface area contributed by atoms with Gasteiger partial charge in [-0.1, -0.05) is 12.1 Å². The van der Waals surface area contributed by atoms with Crippen molar-refractivity contribution in [1.29, 1.82) is 0 Å². The van der Waals surface area contributed by atoms with E-state index in [1.165, 1.54) is 11.3 Å². The summed E-state index contributed by atoms with van der Waals surface area (Å²) in [5.41, 5.74) is 2.42. The predicted octanol–water partition coefficient (Wildman–Crippen LogP) is 3.26. The van der Waals surface area contributed by atoms with Gasteiger partial charge in [0.25, 0.3) is 5.56 Å². The molecule has 4 aromatic rings. The topological polar surface area (TPSA) is 79.0 Å². The first-order chi connectivity index (χ1) is 14.1. The molecule has 29 heavy (non-hydrogen) atoms. The lowest BCUT2D eigenvalue weighted by molar-refractivity contribution is 0.0478. The van der Waals surface area contributed by atoms with Gasteiger partial charge in [-0.25, -0.2) is 14.5 Å². The summed E-state index contributed by atoms with van der Waals surface area (Å²) in [6, 6.07) is 9.51. The van der Waals surface area contributed by atoms with E-state index in [9.17, 15) is 9.59 Å². The van der Waals surface area contributed by atoms with Crippen LogP contribution >= 0.6 is 11.3 Å². The number of ether oxygens (including phenoxy) is 1. The summed E-state index contributed by atoms with van der Waals surface area (Å²) < 4.78 is 8.99. The van der Waals surface area contributed by atoms with Crippen molar-refractivity contribution in [3.63, 3.8) is 0 Å². The fraction of sp³-hybridized carbons (Fsp3) is 0.238. The minimum Gasteiger partial charge on any atom is -0.457 e. The molecule has 1 aromatic carbocycles. The maximum absolute atomic E-state index is 12.8. The van der Waals surface area contributed by atoms with Gasteiger partial charge in [0.15, 0.2) is 0 Å². The standard InChI is InChI=1S/C21H18N4O3S/c1-13-17-19(23-16-4-2-10-24(16)20(17)26)29-18(13)21(27)28-12-14-5-7-15(8-6-14)25-11-3-9-22-25/h3,5-9,11H,2,4,10,12H2,1H3. The van der Waals surface area contributed by atoms with Gasteiger partial charge in [0.2, 0.25) is 0 Å². The lowest BCUT2D eigenvalue weighted by atomic mass is 10.2. The smallest absolute Gasteiger partial charge is 0.349 e. The average Bonchev–Trinajstić information content (AvgIpc) is 3.47. The highest BCUT2D eigenvalue weighted by Crippen LogP contribution is 2.29. The highest BCUT2D eigenvalue weighted by Gasteiger charge is 2.24. The minimum atomic E-state index is -0.425. The molecule has 0 saturated carbocycles. The summed E-state index contributed by atoms with van der Waals surface area (Å²) in [6.07, 6.45) is 5.33. The van der Waals surface area contributed by atoms with E-state index in [4.69, 9.17) is 4.74 Å². The number of aryl methyl sites for hydroxylation is 2. The van der Waals surface area contributed by atoms with Crippen molar-refractivity contribution in [1.82, 2.24) is 19.3 Å². The third-order valence-electron chi connectivity index (χ3n) is 5.17. The number of hydrogen-bond acceptors (Lipinski definition) is 6. The lowest BCUT2D eigenvalue weighted by Crippen LogP contribution is -2.20. The molecule has 0 radical (unpaired) electrons. The van der Waals surface area contributed by atoms with E-state index in [1.54, 1.807) is 22.4 Å². The number of benzene rings is 1. The number of rotatable bonds is 4. The fourth-order valence-corrected chi connectivity index (χ4v) is 4.74. The number of aromatic nitrogens is 4. The molecule has 1 aliphatic heterocycles. The van der Waals surface area contributed by atoms with Gasteiger partial charge < -0.3 is 4.74 Å². The quantitative estimate of drug-likeness (QED) is 0.486. The number of carbonyl (C=O) groups is 1. The van der Waals surface area contributed by atoms with Gasteiger partial charge in [-0.2, -0.15) is 5.10 Å². The molecule has 0 atom stereocenters. The number of esters is 1. The number of carbonyl (C=O) groups excluding carboxylic acids is 1. The van der Waals surface area contributed by atoms with Crippen molar-refractivity contribution in [3.8, 4) is 5.69 Å². The average molecular weight is 406 g/mol. The highest BCUT2D eigenvalue weighted by atomic mass is 32.1. The molecule has 8 heteroatoms. The Labute approximate surface area is 170 Å². The summed E-state index contributed by atoms with van der Waals surface area (Å²) in [4.78, 5) is 31.1. The van der Waals surface area contributed by atoms with Crippen LogP contribution in [0.25, 0.3) is 15.9 Å². The number of fused-ring (bicyclic) bond motifs is 2. The number of hydrogen-bond donors (Lipinski definition) is 0. The molecule has 0 spiro atoms. The van der Waals surface area contributed by atoms with Crippen molar-refractivity contribution < 1.29 is 9.53 Å². The summed E-state index contributed by atoms with van der Waals surface area (Å²) >= 11 is 1.24. The van der Waals surface area contributed by atoms with Crippen LogP contribution in [-0.4, -0.2) is 25.3 Å². The first-order valence-electron chi connectivity index (χ1n) is 9.41. The van der Waals surface area contributed by atoms with E-state index in [0.29, 0.717) is 27.2 Å². The van der Waals surface area contributed by atoms with Gasteiger partial charge in [0.05, 0.1) is 11.1 Å². The van der Waals surface area contributed by atoms with Crippen molar-refractivity contribution >= 4 is 27.5 Å². The SMILES string of the molecule is Cc1c(C(=O)OCc2ccc(-n3cccn3)cc2)sc2nc3n(c(=O)c12)CCC3. The summed E-state index contributed by atoms with van der Waals surface area (Å²) in [5, 5.41) is 4.73. The molecule has 5 rings (SSSR count). The molecule has 0 aliphatic carbocycles. The molecule has 1 aliphatic rings. The molecule has 0 unspecified atom stereocenters. The summed E-state index contributed by atoms with van der Waals surface area (Å²) in [7, 11) is 0. The zero-order valence-electron chi connectivity index (χ0n) is 15.8. The molecular formula is C21H18N4O3S. The Hall–Kier alpha value is -3.26. The van der Waals surface area contributed by atoms with Gasteiger partial charge in [-0.15, -0.1) is 11.3 Å². The Kier molecular flexibility index (Phi) is 4.28. The van der Waals surface area contributed by atoms with Crippen LogP contribution in [0.1, 0.15) is 33.0 Å². The van der Waals surface area contributed by atoms with E-state index >= 15 is 0 Å². The predicted molar refractivity (Wildman–Crippen MR) is 110 cm³/mol. The highest BCUT2D eigenvalue weighted by molar-refractivity contribution is 7.20. The van der Waals surface area contributed by atoms with E-state index < -0.39 is 5.97 Å². The normalized spacial score (nSPS) is 13.0. The van der Waals surface area contributed by atoms with Crippen LogP contribution < -0.4 is 5.56 Å². The first-order valence-corrected chi connectivity index (χ1v) is 10.2.